The number of benzene rings is 2. The number of imide groups is 1. The number of carbonyl (C=O) groups excluding carboxylic acids is 3. The number of hydrogen-bond donors (Lipinski definition) is 1. The molecule has 0 unspecified atom stereocenters. The van der Waals surface area contributed by atoms with Crippen LogP contribution in [0.3, 0.4) is 0 Å². The van der Waals surface area contributed by atoms with Gasteiger partial charge in [0.2, 0.25) is 5.91 Å². The molecule has 1 atom stereocenters. The lowest BCUT2D eigenvalue weighted by atomic mass is 9.87. The zero-order valence-electron chi connectivity index (χ0n) is 17.9. The standard InChI is InChI=1S/C25H29N3O3/c1-2-25(21-11-7-4-8-12-21)23(30)28(24(31)26-25)18-22(29)27-15-13-20(14-16-27)17-19-9-5-3-6-10-19/h3-12,20H,2,13-18H2,1H3,(H,26,31)/t25-/m1/s1. The molecule has 0 aliphatic carbocycles. The largest absolute Gasteiger partial charge is 0.341 e. The second-order valence-electron chi connectivity index (χ2n) is 8.46. The summed E-state index contributed by atoms with van der Waals surface area (Å²) in [5.41, 5.74) is 0.970. The van der Waals surface area contributed by atoms with Gasteiger partial charge in [-0.2, -0.15) is 0 Å². The molecule has 4 amide bonds. The van der Waals surface area contributed by atoms with Crippen LogP contribution in [0.1, 0.15) is 37.3 Å². The Morgan fingerprint density at radius 1 is 1.00 bits per heavy atom. The van der Waals surface area contributed by atoms with Gasteiger partial charge in [-0.25, -0.2) is 4.79 Å². The van der Waals surface area contributed by atoms with E-state index in [4.69, 9.17) is 0 Å². The molecule has 2 aliphatic heterocycles. The third-order valence-electron chi connectivity index (χ3n) is 6.60. The summed E-state index contributed by atoms with van der Waals surface area (Å²) in [6.07, 6.45) is 3.32. The molecule has 2 aromatic carbocycles. The van der Waals surface area contributed by atoms with Crippen molar-refractivity contribution in [1.29, 1.82) is 0 Å². The molecule has 162 valence electrons. The molecule has 4 rings (SSSR count). The number of urea groups is 1. The Morgan fingerprint density at radius 3 is 2.23 bits per heavy atom. The van der Waals surface area contributed by atoms with Crippen molar-refractivity contribution in [3.05, 3.63) is 71.8 Å². The highest BCUT2D eigenvalue weighted by molar-refractivity contribution is 6.09. The first-order chi connectivity index (χ1) is 15.0. The van der Waals surface area contributed by atoms with Crippen molar-refractivity contribution in [2.45, 2.75) is 38.1 Å². The predicted octanol–water partition coefficient (Wildman–Crippen LogP) is 3.33. The van der Waals surface area contributed by atoms with E-state index in [1.807, 2.05) is 43.3 Å². The van der Waals surface area contributed by atoms with Gasteiger partial charge in [0.25, 0.3) is 5.91 Å². The average Bonchev–Trinajstić information content (AvgIpc) is 3.06. The van der Waals surface area contributed by atoms with Gasteiger partial charge in [-0.05, 0) is 42.7 Å². The molecule has 2 aromatic rings. The van der Waals surface area contributed by atoms with Gasteiger partial charge in [0.15, 0.2) is 0 Å². The monoisotopic (exact) mass is 419 g/mol. The Labute approximate surface area is 183 Å². The smallest absolute Gasteiger partial charge is 0.325 e. The lowest BCUT2D eigenvalue weighted by Gasteiger charge is -2.33. The predicted molar refractivity (Wildman–Crippen MR) is 118 cm³/mol. The van der Waals surface area contributed by atoms with Gasteiger partial charge in [-0.1, -0.05) is 67.6 Å². The highest BCUT2D eigenvalue weighted by Gasteiger charge is 2.51. The maximum atomic E-state index is 13.2. The van der Waals surface area contributed by atoms with Crippen LogP contribution in [0, 0.1) is 5.92 Å². The van der Waals surface area contributed by atoms with Crippen molar-refractivity contribution >= 4 is 17.8 Å². The maximum absolute atomic E-state index is 13.2. The minimum absolute atomic E-state index is 0.165. The lowest BCUT2D eigenvalue weighted by Crippen LogP contribution is -2.47. The summed E-state index contributed by atoms with van der Waals surface area (Å²) >= 11 is 0. The highest BCUT2D eigenvalue weighted by Crippen LogP contribution is 2.32. The minimum atomic E-state index is -1.10. The van der Waals surface area contributed by atoms with E-state index in [2.05, 4.69) is 29.6 Å². The van der Waals surface area contributed by atoms with Gasteiger partial charge in [-0.15, -0.1) is 0 Å². The van der Waals surface area contributed by atoms with Gasteiger partial charge in [0, 0.05) is 13.1 Å². The molecule has 1 N–H and O–H groups in total. The van der Waals surface area contributed by atoms with E-state index < -0.39 is 11.6 Å². The summed E-state index contributed by atoms with van der Waals surface area (Å²) in [7, 11) is 0. The first-order valence-electron chi connectivity index (χ1n) is 11.0. The molecule has 0 saturated carbocycles. The topological polar surface area (TPSA) is 69.7 Å². The molecule has 2 fully saturated rings. The van der Waals surface area contributed by atoms with Crippen LogP contribution in [-0.4, -0.2) is 47.3 Å². The summed E-state index contributed by atoms with van der Waals surface area (Å²) in [6.45, 7) is 2.99. The van der Waals surface area contributed by atoms with E-state index in [9.17, 15) is 14.4 Å². The van der Waals surface area contributed by atoms with Gasteiger partial charge < -0.3 is 10.2 Å². The number of likely N-dealkylation sites (tertiary alicyclic amines) is 1. The second-order valence-corrected chi connectivity index (χ2v) is 8.46. The summed E-state index contributed by atoms with van der Waals surface area (Å²) in [5, 5.41) is 2.84. The van der Waals surface area contributed by atoms with Crippen LogP contribution in [0.2, 0.25) is 0 Å². The Bertz CT molecular complexity index is 939. The number of hydrogen-bond acceptors (Lipinski definition) is 3. The fraction of sp³-hybridized carbons (Fsp3) is 0.400. The quantitative estimate of drug-likeness (QED) is 0.731. The van der Waals surface area contributed by atoms with E-state index >= 15 is 0 Å². The summed E-state index contributed by atoms with van der Waals surface area (Å²) in [4.78, 5) is 41.6. The number of piperidine rings is 1. The summed E-state index contributed by atoms with van der Waals surface area (Å²) in [6, 6.07) is 19.2. The third-order valence-corrected chi connectivity index (χ3v) is 6.60. The van der Waals surface area contributed by atoms with Gasteiger partial charge >= 0.3 is 6.03 Å². The SMILES string of the molecule is CC[C@]1(c2ccccc2)NC(=O)N(CC(=O)N2CCC(Cc3ccccc3)CC2)C1=O. The van der Waals surface area contributed by atoms with E-state index in [0.717, 1.165) is 29.7 Å². The molecule has 2 heterocycles. The lowest BCUT2D eigenvalue weighted by molar-refractivity contribution is -0.140. The molecular weight excluding hydrogens is 390 g/mol. The van der Waals surface area contributed by atoms with E-state index in [1.165, 1.54) is 5.56 Å². The van der Waals surface area contributed by atoms with Crippen LogP contribution < -0.4 is 5.32 Å². The van der Waals surface area contributed by atoms with E-state index in [1.54, 1.807) is 4.90 Å². The molecule has 0 aromatic heterocycles. The number of rotatable bonds is 6. The second kappa shape index (κ2) is 8.92. The number of nitrogens with zero attached hydrogens (tertiary/aromatic N) is 2. The molecule has 2 aliphatic rings. The Hall–Kier alpha value is -3.15. The Balaban J connectivity index is 1.37. The van der Waals surface area contributed by atoms with Crippen molar-refractivity contribution in [3.8, 4) is 0 Å². The van der Waals surface area contributed by atoms with Gasteiger partial charge in [-0.3, -0.25) is 14.5 Å². The first-order valence-corrected chi connectivity index (χ1v) is 11.0. The van der Waals surface area contributed by atoms with Gasteiger partial charge in [0.05, 0.1) is 0 Å². The van der Waals surface area contributed by atoms with Crippen molar-refractivity contribution in [3.63, 3.8) is 0 Å². The molecule has 0 radical (unpaired) electrons. The van der Waals surface area contributed by atoms with Crippen molar-refractivity contribution in [1.82, 2.24) is 15.1 Å². The van der Waals surface area contributed by atoms with Crippen molar-refractivity contribution in [2.24, 2.45) is 5.92 Å². The molecule has 6 heteroatoms. The minimum Gasteiger partial charge on any atom is -0.341 e. The average molecular weight is 420 g/mol. The highest BCUT2D eigenvalue weighted by atomic mass is 16.2. The number of nitrogens with one attached hydrogen (secondary N) is 1. The summed E-state index contributed by atoms with van der Waals surface area (Å²) < 4.78 is 0. The molecule has 2 saturated heterocycles. The van der Waals surface area contributed by atoms with Crippen LogP contribution >= 0.6 is 0 Å². The van der Waals surface area contributed by atoms with E-state index in [-0.39, 0.29) is 18.4 Å². The third kappa shape index (κ3) is 4.20. The van der Waals surface area contributed by atoms with Crippen LogP contribution in [0.5, 0.6) is 0 Å². The first kappa shape index (κ1) is 21.1. The summed E-state index contributed by atoms with van der Waals surface area (Å²) in [5.74, 6) is 0.0362. The van der Waals surface area contributed by atoms with E-state index in [0.29, 0.717) is 25.4 Å². The van der Waals surface area contributed by atoms with Crippen LogP contribution in [0.25, 0.3) is 0 Å². The Morgan fingerprint density at radius 2 is 1.61 bits per heavy atom. The molecule has 6 nitrogen and oxygen atoms in total. The zero-order valence-corrected chi connectivity index (χ0v) is 17.9. The number of amides is 4. The van der Waals surface area contributed by atoms with Crippen molar-refractivity contribution in [2.75, 3.05) is 19.6 Å². The van der Waals surface area contributed by atoms with Crippen LogP contribution in [0.4, 0.5) is 4.79 Å². The molecule has 31 heavy (non-hydrogen) atoms. The number of carbonyl (C=O) groups is 3. The Kier molecular flexibility index (Phi) is 6.07. The van der Waals surface area contributed by atoms with Gasteiger partial charge in [0.1, 0.15) is 12.1 Å². The van der Waals surface area contributed by atoms with Crippen LogP contribution in [0.15, 0.2) is 60.7 Å². The molecular formula is C25H29N3O3. The zero-order chi connectivity index (χ0) is 21.8. The van der Waals surface area contributed by atoms with Crippen molar-refractivity contribution < 1.29 is 14.4 Å². The normalized spacial score (nSPS) is 22.0. The molecule has 0 bridgehead atoms. The molecule has 0 spiro atoms. The fourth-order valence-corrected chi connectivity index (χ4v) is 4.70. The maximum Gasteiger partial charge on any atom is 0.325 e. The fourth-order valence-electron chi connectivity index (χ4n) is 4.70. The van der Waals surface area contributed by atoms with Crippen LogP contribution in [-0.2, 0) is 21.5 Å².